The van der Waals surface area contributed by atoms with E-state index in [0.29, 0.717) is 41.2 Å². The fourth-order valence-electron chi connectivity index (χ4n) is 6.78. The van der Waals surface area contributed by atoms with Gasteiger partial charge in [0.05, 0.1) is 45.3 Å². The van der Waals surface area contributed by atoms with Crippen LogP contribution in [0.2, 0.25) is 5.15 Å². The van der Waals surface area contributed by atoms with Gasteiger partial charge in [-0.25, -0.2) is 19.3 Å². The van der Waals surface area contributed by atoms with Gasteiger partial charge in [-0.15, -0.1) is 0 Å². The molecule has 2 aromatic heterocycles. The predicted octanol–water partition coefficient (Wildman–Crippen LogP) is 4.85. The van der Waals surface area contributed by atoms with Gasteiger partial charge in [0.2, 0.25) is 0 Å². The van der Waals surface area contributed by atoms with Gasteiger partial charge < -0.3 is 39.8 Å². The number of anilines is 3. The van der Waals surface area contributed by atoms with E-state index in [4.69, 9.17) is 36.3 Å². The zero-order valence-corrected chi connectivity index (χ0v) is 27.6. The number of benzene rings is 2. The fraction of sp³-hybridized carbons (Fsp3) is 0.441. The second-order valence-corrected chi connectivity index (χ2v) is 13.2. The van der Waals surface area contributed by atoms with Crippen LogP contribution in [-0.4, -0.2) is 80.3 Å². The van der Waals surface area contributed by atoms with Crippen molar-refractivity contribution in [1.29, 1.82) is 0 Å². The second-order valence-electron chi connectivity index (χ2n) is 12.9. The topological polar surface area (TPSA) is 129 Å². The maximum atomic E-state index is 13.5. The van der Waals surface area contributed by atoms with Gasteiger partial charge in [-0.05, 0) is 55.2 Å². The molecule has 7 rings (SSSR count). The Labute approximate surface area is 278 Å². The van der Waals surface area contributed by atoms with Crippen LogP contribution in [0.4, 0.5) is 21.9 Å². The first-order valence-corrected chi connectivity index (χ1v) is 16.2. The number of nitrogens with one attached hydrogen (secondary N) is 1. The largest absolute Gasteiger partial charge is 0.497 e. The normalized spacial score (nSPS) is 19.8. The Morgan fingerprint density at radius 3 is 2.74 bits per heavy atom. The number of hydrogen-bond donors (Lipinski definition) is 2. The number of pyridine rings is 1. The van der Waals surface area contributed by atoms with Crippen molar-refractivity contribution in [2.75, 3.05) is 63.1 Å². The summed E-state index contributed by atoms with van der Waals surface area (Å²) < 4.78 is 24.2. The number of nitrogens with two attached hydrogens (primary N) is 1. The lowest BCUT2D eigenvalue weighted by Gasteiger charge is -2.48. The highest BCUT2D eigenvalue weighted by Crippen LogP contribution is 2.41. The average Bonchev–Trinajstić information content (AvgIpc) is 3.70. The van der Waals surface area contributed by atoms with Gasteiger partial charge in [-0.1, -0.05) is 11.6 Å². The SMILES string of the molecule is COc1ccc(CN(C)c2cc(Cl)nc3c2ncn3C(=O)N[C@@H]2CC[C@H]2OCc2cc(N)cc(N3CC4(CCOC4)C3)c2)c(OC)c1. The number of fused-ring (bicyclic) bond motifs is 1. The number of amides is 1. The van der Waals surface area contributed by atoms with Crippen LogP contribution >= 0.6 is 11.6 Å². The Morgan fingerprint density at radius 1 is 1.17 bits per heavy atom. The maximum absolute atomic E-state index is 13.5. The van der Waals surface area contributed by atoms with E-state index in [1.165, 1.54) is 10.9 Å². The van der Waals surface area contributed by atoms with Crippen molar-refractivity contribution in [3.63, 3.8) is 0 Å². The molecule has 1 spiro atoms. The molecule has 1 amide bonds. The highest BCUT2D eigenvalue weighted by molar-refractivity contribution is 6.30. The van der Waals surface area contributed by atoms with Crippen LogP contribution in [-0.2, 0) is 22.6 Å². The molecule has 2 aliphatic heterocycles. The Balaban J connectivity index is 0.995. The maximum Gasteiger partial charge on any atom is 0.328 e. The van der Waals surface area contributed by atoms with Crippen molar-refractivity contribution in [2.24, 2.45) is 5.41 Å². The van der Waals surface area contributed by atoms with E-state index in [1.54, 1.807) is 20.3 Å². The van der Waals surface area contributed by atoms with E-state index in [2.05, 4.69) is 26.3 Å². The van der Waals surface area contributed by atoms with Crippen molar-refractivity contribution in [2.45, 2.75) is 44.6 Å². The quantitative estimate of drug-likeness (QED) is 0.180. The number of ether oxygens (including phenoxy) is 4. The Kier molecular flexibility index (Phi) is 8.50. The van der Waals surface area contributed by atoms with Gasteiger partial charge in [-0.2, -0.15) is 0 Å². The molecule has 2 aromatic carbocycles. The summed E-state index contributed by atoms with van der Waals surface area (Å²) >= 11 is 6.47. The summed E-state index contributed by atoms with van der Waals surface area (Å²) in [5.41, 5.74) is 12.0. The first-order valence-electron chi connectivity index (χ1n) is 15.8. The number of aromatic nitrogens is 3. The van der Waals surface area contributed by atoms with Crippen molar-refractivity contribution in [1.82, 2.24) is 19.9 Å². The number of halogens is 1. The predicted molar refractivity (Wildman–Crippen MR) is 181 cm³/mol. The number of hydrogen-bond acceptors (Lipinski definition) is 10. The standard InChI is InChI=1S/C34H40ClN7O5/c1-40(15-22-4-5-25(44-2)13-29(22)45-3)27-14-30(35)39-32-31(27)37-20-42(32)33(43)38-26-6-7-28(26)47-16-21-10-23(36)12-24(11-21)41-17-34(18-41)8-9-46-19-34/h4-5,10-14,20,26,28H,6-9,15-19,36H2,1-3H3,(H,38,43)/t26-,28-/m1/s1. The number of nitrogen functional groups attached to an aromatic ring is 1. The Hall–Kier alpha value is -4.26. The summed E-state index contributed by atoms with van der Waals surface area (Å²) in [6, 6.07) is 13.1. The van der Waals surface area contributed by atoms with E-state index >= 15 is 0 Å². The third kappa shape index (κ3) is 6.24. The molecular formula is C34H40ClN7O5. The van der Waals surface area contributed by atoms with Gasteiger partial charge in [0, 0.05) is 67.8 Å². The number of imidazole rings is 1. The number of carbonyl (C=O) groups is 1. The summed E-state index contributed by atoms with van der Waals surface area (Å²) in [4.78, 5) is 26.9. The Bertz CT molecular complexity index is 1780. The minimum Gasteiger partial charge on any atom is -0.497 e. The van der Waals surface area contributed by atoms with E-state index in [1.807, 2.05) is 42.3 Å². The second kappa shape index (κ2) is 12.7. The molecule has 12 nitrogen and oxygen atoms in total. The molecule has 1 saturated carbocycles. The first-order chi connectivity index (χ1) is 22.7. The lowest BCUT2D eigenvalue weighted by atomic mass is 9.79. The van der Waals surface area contributed by atoms with Crippen LogP contribution in [0.15, 0.2) is 48.8 Å². The molecule has 248 valence electrons. The van der Waals surface area contributed by atoms with Crippen LogP contribution in [0, 0.1) is 5.41 Å². The molecule has 2 saturated heterocycles. The smallest absolute Gasteiger partial charge is 0.328 e. The van der Waals surface area contributed by atoms with Gasteiger partial charge in [-0.3, -0.25) is 0 Å². The molecule has 4 heterocycles. The molecule has 3 N–H and O–H groups in total. The summed E-state index contributed by atoms with van der Waals surface area (Å²) in [6.45, 7) is 4.59. The molecule has 47 heavy (non-hydrogen) atoms. The zero-order chi connectivity index (χ0) is 32.7. The van der Waals surface area contributed by atoms with Crippen molar-refractivity contribution < 1.29 is 23.7 Å². The van der Waals surface area contributed by atoms with Gasteiger partial charge in [0.15, 0.2) is 5.65 Å². The van der Waals surface area contributed by atoms with Crippen LogP contribution in [0.5, 0.6) is 11.5 Å². The third-order valence-corrected chi connectivity index (χ3v) is 9.77. The average molecular weight is 662 g/mol. The van der Waals surface area contributed by atoms with Crippen LogP contribution < -0.4 is 30.3 Å². The van der Waals surface area contributed by atoms with Crippen LogP contribution in [0.3, 0.4) is 0 Å². The number of methoxy groups -OCH3 is 2. The van der Waals surface area contributed by atoms with E-state index < -0.39 is 0 Å². The monoisotopic (exact) mass is 661 g/mol. The molecule has 0 bridgehead atoms. The molecule has 4 aromatic rings. The molecule has 13 heteroatoms. The minimum atomic E-state index is -0.333. The van der Waals surface area contributed by atoms with E-state index in [-0.39, 0.29) is 23.3 Å². The van der Waals surface area contributed by atoms with Crippen molar-refractivity contribution in [3.05, 3.63) is 65.1 Å². The number of carbonyl (C=O) groups excluding carboxylic acids is 1. The minimum absolute atomic E-state index is 0.112. The fourth-order valence-corrected chi connectivity index (χ4v) is 6.97. The summed E-state index contributed by atoms with van der Waals surface area (Å²) in [5, 5.41) is 3.36. The third-order valence-electron chi connectivity index (χ3n) is 9.57. The summed E-state index contributed by atoms with van der Waals surface area (Å²) in [7, 11) is 5.17. The van der Waals surface area contributed by atoms with E-state index in [0.717, 1.165) is 73.8 Å². The highest BCUT2D eigenvalue weighted by atomic mass is 35.5. The molecule has 1 aliphatic carbocycles. The summed E-state index contributed by atoms with van der Waals surface area (Å²) in [6.07, 6.45) is 4.16. The molecule has 2 atom stereocenters. The van der Waals surface area contributed by atoms with Gasteiger partial charge >= 0.3 is 6.03 Å². The molecule has 3 aliphatic rings. The molecule has 0 radical (unpaired) electrons. The lowest BCUT2D eigenvalue weighted by Crippen LogP contribution is -2.57. The van der Waals surface area contributed by atoms with Gasteiger partial charge in [0.1, 0.15) is 28.5 Å². The zero-order valence-electron chi connectivity index (χ0n) is 26.9. The van der Waals surface area contributed by atoms with Crippen LogP contribution in [0.1, 0.15) is 30.4 Å². The molecule has 3 fully saturated rings. The number of rotatable bonds is 10. The van der Waals surface area contributed by atoms with E-state index in [9.17, 15) is 4.79 Å². The van der Waals surface area contributed by atoms with Crippen LogP contribution in [0.25, 0.3) is 11.2 Å². The van der Waals surface area contributed by atoms with Gasteiger partial charge in [0.25, 0.3) is 0 Å². The molecular weight excluding hydrogens is 622 g/mol. The number of nitrogens with zero attached hydrogens (tertiary/aromatic N) is 5. The van der Waals surface area contributed by atoms with Crippen molar-refractivity contribution in [3.8, 4) is 11.5 Å². The molecule has 0 unspecified atom stereocenters. The Morgan fingerprint density at radius 2 is 2.02 bits per heavy atom. The lowest BCUT2D eigenvalue weighted by molar-refractivity contribution is -0.0323. The first kappa shape index (κ1) is 31.3. The highest BCUT2D eigenvalue weighted by Gasteiger charge is 2.46. The van der Waals surface area contributed by atoms with Crippen molar-refractivity contribution >= 4 is 45.9 Å². The summed E-state index contributed by atoms with van der Waals surface area (Å²) in [5.74, 6) is 1.41.